The molecule has 96 valence electrons. The van der Waals surface area contributed by atoms with Gasteiger partial charge in [-0.15, -0.1) is 0 Å². The summed E-state index contributed by atoms with van der Waals surface area (Å²) < 4.78 is 25.2. The summed E-state index contributed by atoms with van der Waals surface area (Å²) in [5.41, 5.74) is 7.26. The molecule has 7 heteroatoms. The van der Waals surface area contributed by atoms with Crippen molar-refractivity contribution >= 4 is 26.9 Å². The average molecular weight is 266 g/mol. The number of anilines is 1. The van der Waals surface area contributed by atoms with Crippen molar-refractivity contribution in [1.82, 2.24) is 14.5 Å². The van der Waals surface area contributed by atoms with Crippen LogP contribution in [0.5, 0.6) is 0 Å². The van der Waals surface area contributed by atoms with Crippen LogP contribution in [-0.4, -0.2) is 34.5 Å². The molecule has 1 aliphatic rings. The third-order valence-electron chi connectivity index (χ3n) is 3.28. The number of hydrogen-bond donors (Lipinski definition) is 1. The van der Waals surface area contributed by atoms with Gasteiger partial charge in [-0.1, -0.05) is 0 Å². The highest BCUT2D eigenvalue weighted by molar-refractivity contribution is 7.91. The molecule has 0 radical (unpaired) electrons. The zero-order chi connectivity index (χ0) is 12.8. The molecule has 0 saturated carbocycles. The molecule has 1 saturated heterocycles. The highest BCUT2D eigenvalue weighted by atomic mass is 32.2. The van der Waals surface area contributed by atoms with Crippen LogP contribution < -0.4 is 5.73 Å². The summed E-state index contributed by atoms with van der Waals surface area (Å²) in [6.07, 6.45) is 3.13. The zero-order valence-electron chi connectivity index (χ0n) is 9.78. The molecule has 0 amide bonds. The second kappa shape index (κ2) is 3.94. The van der Waals surface area contributed by atoms with Crippen molar-refractivity contribution in [2.75, 3.05) is 17.2 Å². The van der Waals surface area contributed by atoms with Gasteiger partial charge in [-0.25, -0.2) is 18.4 Å². The van der Waals surface area contributed by atoms with E-state index in [9.17, 15) is 8.42 Å². The number of imidazole rings is 1. The molecule has 0 bridgehead atoms. The molecular weight excluding hydrogens is 252 g/mol. The highest BCUT2D eigenvalue weighted by Crippen LogP contribution is 2.28. The van der Waals surface area contributed by atoms with Gasteiger partial charge in [0.1, 0.15) is 5.52 Å². The average Bonchev–Trinajstić information content (AvgIpc) is 2.63. The zero-order valence-corrected chi connectivity index (χ0v) is 10.6. The van der Waals surface area contributed by atoms with Gasteiger partial charge in [0, 0.05) is 6.20 Å². The number of sulfone groups is 1. The first-order valence-electron chi connectivity index (χ1n) is 5.86. The summed E-state index contributed by atoms with van der Waals surface area (Å²) in [4.78, 5) is 8.47. The topological polar surface area (TPSA) is 90.9 Å². The monoisotopic (exact) mass is 266 g/mol. The first-order chi connectivity index (χ1) is 8.57. The molecule has 18 heavy (non-hydrogen) atoms. The Bertz CT molecular complexity index is 692. The molecule has 3 rings (SSSR count). The standard InChI is InChI=1S/C11H14N4O2S/c12-11-14-9-4-1-5-13-10(9)15(11)8-3-2-6-18(16,17)7-8/h1,4-5,8H,2-3,6-7H2,(H2,12,14). The number of hydrogen-bond acceptors (Lipinski definition) is 5. The molecule has 2 N–H and O–H groups in total. The predicted molar refractivity (Wildman–Crippen MR) is 68.9 cm³/mol. The second-order valence-corrected chi connectivity index (χ2v) is 6.83. The van der Waals surface area contributed by atoms with Gasteiger partial charge in [0.25, 0.3) is 0 Å². The highest BCUT2D eigenvalue weighted by Gasteiger charge is 2.28. The van der Waals surface area contributed by atoms with Crippen molar-refractivity contribution in [2.45, 2.75) is 18.9 Å². The Kier molecular flexibility index (Phi) is 2.51. The van der Waals surface area contributed by atoms with Gasteiger partial charge in [-0.2, -0.15) is 0 Å². The lowest BCUT2D eigenvalue weighted by Gasteiger charge is -2.24. The Hall–Kier alpha value is -1.63. The Balaban J connectivity index is 2.11. The number of nitrogen functional groups attached to an aromatic ring is 1. The molecule has 1 atom stereocenters. The third-order valence-corrected chi connectivity index (χ3v) is 5.08. The van der Waals surface area contributed by atoms with Crippen molar-refractivity contribution in [3.8, 4) is 0 Å². The van der Waals surface area contributed by atoms with Gasteiger partial charge in [0.15, 0.2) is 15.5 Å². The Morgan fingerprint density at radius 2 is 2.28 bits per heavy atom. The summed E-state index contributed by atoms with van der Waals surface area (Å²) in [6.45, 7) is 0. The molecule has 0 aliphatic carbocycles. The molecule has 0 aromatic carbocycles. The van der Waals surface area contributed by atoms with Crippen LogP contribution in [0.25, 0.3) is 11.2 Å². The normalized spacial score (nSPS) is 23.2. The number of nitrogens with zero attached hydrogens (tertiary/aromatic N) is 3. The molecular formula is C11H14N4O2S. The molecule has 1 fully saturated rings. The summed E-state index contributed by atoms with van der Waals surface area (Å²) in [5.74, 6) is 0.730. The summed E-state index contributed by atoms with van der Waals surface area (Å²) in [5, 5.41) is 0. The molecule has 6 nitrogen and oxygen atoms in total. The predicted octanol–water partition coefficient (Wildman–Crippen LogP) is 0.763. The number of aromatic nitrogens is 3. The Labute approximate surface area is 105 Å². The van der Waals surface area contributed by atoms with E-state index in [1.807, 2.05) is 6.07 Å². The minimum absolute atomic E-state index is 0.124. The van der Waals surface area contributed by atoms with E-state index in [0.29, 0.717) is 23.5 Å². The van der Waals surface area contributed by atoms with Gasteiger partial charge >= 0.3 is 0 Å². The molecule has 3 heterocycles. The van der Waals surface area contributed by atoms with Crippen LogP contribution >= 0.6 is 0 Å². The van der Waals surface area contributed by atoms with Crippen LogP contribution in [0.4, 0.5) is 5.95 Å². The molecule has 1 aliphatic heterocycles. The largest absolute Gasteiger partial charge is 0.369 e. The minimum Gasteiger partial charge on any atom is -0.369 e. The van der Waals surface area contributed by atoms with Crippen molar-refractivity contribution in [1.29, 1.82) is 0 Å². The Morgan fingerprint density at radius 3 is 3.06 bits per heavy atom. The van der Waals surface area contributed by atoms with Crippen molar-refractivity contribution in [3.05, 3.63) is 18.3 Å². The fourth-order valence-electron chi connectivity index (χ4n) is 2.51. The van der Waals surface area contributed by atoms with E-state index in [1.54, 1.807) is 16.8 Å². The van der Waals surface area contributed by atoms with Gasteiger partial charge in [0.2, 0.25) is 5.95 Å². The van der Waals surface area contributed by atoms with E-state index in [1.165, 1.54) is 0 Å². The van der Waals surface area contributed by atoms with E-state index < -0.39 is 9.84 Å². The quantitative estimate of drug-likeness (QED) is 0.823. The molecule has 2 aromatic heterocycles. The van der Waals surface area contributed by atoms with Crippen LogP contribution in [0.2, 0.25) is 0 Å². The molecule has 0 spiro atoms. The number of rotatable bonds is 1. The lowest BCUT2D eigenvalue weighted by Crippen LogP contribution is -2.28. The lowest BCUT2D eigenvalue weighted by atomic mass is 10.2. The van der Waals surface area contributed by atoms with E-state index in [0.717, 1.165) is 6.42 Å². The fraction of sp³-hybridized carbons (Fsp3) is 0.455. The van der Waals surface area contributed by atoms with Crippen molar-refractivity contribution < 1.29 is 8.42 Å². The van der Waals surface area contributed by atoms with Crippen LogP contribution in [0.15, 0.2) is 18.3 Å². The maximum absolute atomic E-state index is 11.7. The molecule has 1 unspecified atom stereocenters. The van der Waals surface area contributed by atoms with E-state index in [-0.39, 0.29) is 17.5 Å². The van der Waals surface area contributed by atoms with Gasteiger partial charge in [-0.3, -0.25) is 4.57 Å². The van der Waals surface area contributed by atoms with Crippen molar-refractivity contribution in [3.63, 3.8) is 0 Å². The van der Waals surface area contributed by atoms with Gasteiger partial charge in [0.05, 0.1) is 17.5 Å². The van der Waals surface area contributed by atoms with Crippen LogP contribution in [-0.2, 0) is 9.84 Å². The summed E-state index contributed by atoms with van der Waals surface area (Å²) in [7, 11) is -2.98. The lowest BCUT2D eigenvalue weighted by molar-refractivity contribution is 0.481. The Morgan fingerprint density at radius 1 is 1.44 bits per heavy atom. The fourth-order valence-corrected chi connectivity index (χ4v) is 4.18. The van der Waals surface area contributed by atoms with Crippen molar-refractivity contribution in [2.24, 2.45) is 0 Å². The maximum atomic E-state index is 11.7. The maximum Gasteiger partial charge on any atom is 0.202 e. The SMILES string of the molecule is Nc1nc2cccnc2n1C1CCCS(=O)(=O)C1. The number of fused-ring (bicyclic) bond motifs is 1. The van der Waals surface area contributed by atoms with Gasteiger partial charge in [-0.05, 0) is 25.0 Å². The number of nitrogens with two attached hydrogens (primary N) is 1. The third kappa shape index (κ3) is 1.84. The summed E-state index contributed by atoms with van der Waals surface area (Å²) in [6, 6.07) is 3.46. The van der Waals surface area contributed by atoms with Crippen LogP contribution in [0, 0.1) is 0 Å². The van der Waals surface area contributed by atoms with E-state index in [4.69, 9.17) is 5.73 Å². The van der Waals surface area contributed by atoms with Gasteiger partial charge < -0.3 is 5.73 Å². The minimum atomic E-state index is -2.98. The summed E-state index contributed by atoms with van der Waals surface area (Å²) >= 11 is 0. The van der Waals surface area contributed by atoms with E-state index >= 15 is 0 Å². The number of pyridine rings is 1. The smallest absolute Gasteiger partial charge is 0.202 e. The van der Waals surface area contributed by atoms with Crippen LogP contribution in [0.3, 0.4) is 0 Å². The molecule has 2 aromatic rings. The first kappa shape index (κ1) is 11.5. The second-order valence-electron chi connectivity index (χ2n) is 4.60. The first-order valence-corrected chi connectivity index (χ1v) is 7.68. The van der Waals surface area contributed by atoms with Crippen LogP contribution in [0.1, 0.15) is 18.9 Å². The van der Waals surface area contributed by atoms with E-state index in [2.05, 4.69) is 9.97 Å².